The number of thiazole rings is 1. The number of nitrogen functional groups attached to an aromatic ring is 1. The van der Waals surface area contributed by atoms with Crippen molar-refractivity contribution in [1.29, 1.82) is 0 Å². The van der Waals surface area contributed by atoms with E-state index in [-0.39, 0.29) is 5.56 Å². The van der Waals surface area contributed by atoms with Gasteiger partial charge in [0.25, 0.3) is 5.56 Å². The van der Waals surface area contributed by atoms with Crippen molar-refractivity contribution < 1.29 is 0 Å². The van der Waals surface area contributed by atoms with Gasteiger partial charge in [-0.05, 0) is 43.3 Å². The van der Waals surface area contributed by atoms with Gasteiger partial charge < -0.3 is 5.73 Å². The maximum Gasteiger partial charge on any atom is 0.262 e. The third-order valence-electron chi connectivity index (χ3n) is 4.21. The van der Waals surface area contributed by atoms with Crippen molar-refractivity contribution in [2.75, 3.05) is 5.73 Å². The molecular weight excluding hydrogens is 376 g/mol. The van der Waals surface area contributed by atoms with Crippen LogP contribution in [0.3, 0.4) is 0 Å². The third kappa shape index (κ3) is 3.61. The maximum atomic E-state index is 13.3. The molecule has 2 aromatic heterocycles. The van der Waals surface area contributed by atoms with Gasteiger partial charge >= 0.3 is 0 Å². The van der Waals surface area contributed by atoms with E-state index in [4.69, 9.17) is 10.7 Å². The van der Waals surface area contributed by atoms with Crippen LogP contribution >= 0.6 is 23.1 Å². The molecule has 0 radical (unpaired) electrons. The molecule has 0 aliphatic carbocycles. The second-order valence-electron chi connectivity index (χ2n) is 6.32. The molecule has 0 saturated heterocycles. The van der Waals surface area contributed by atoms with E-state index in [9.17, 15) is 4.79 Å². The van der Waals surface area contributed by atoms with E-state index < -0.39 is 0 Å². The average Bonchev–Trinajstić information content (AvgIpc) is 2.97. The molecule has 136 valence electrons. The van der Waals surface area contributed by atoms with Crippen molar-refractivity contribution in [2.24, 2.45) is 0 Å². The minimum absolute atomic E-state index is 0.0369. The molecule has 27 heavy (non-hydrogen) atoms. The first-order valence-corrected chi connectivity index (χ1v) is 10.1. The Bertz CT molecular complexity index is 1180. The zero-order chi connectivity index (χ0) is 19.0. The Morgan fingerprint density at radius 1 is 1.11 bits per heavy atom. The quantitative estimate of drug-likeness (QED) is 0.524. The van der Waals surface area contributed by atoms with Crippen molar-refractivity contribution in [2.45, 2.75) is 29.8 Å². The fraction of sp³-hybridized carbons (Fsp3) is 0.150. The van der Waals surface area contributed by atoms with Gasteiger partial charge in [0.2, 0.25) is 0 Å². The van der Waals surface area contributed by atoms with Crippen LogP contribution in [-0.4, -0.2) is 14.5 Å². The summed E-state index contributed by atoms with van der Waals surface area (Å²) in [5.74, 6) is 0. The second-order valence-corrected chi connectivity index (χ2v) is 8.59. The highest BCUT2D eigenvalue weighted by Crippen LogP contribution is 2.35. The standard InChI is InChI=1S/C20H18N4OS2/c1-12-8-9-16-15(10-12)17(25)24(11-14-6-4-3-5-7-14)20(23-16)27-18-13(2)22-19(21)26-18/h3-10H,11H2,1-2H3,(H2,21,22). The highest BCUT2D eigenvalue weighted by atomic mass is 32.2. The number of aryl methyl sites for hydroxylation is 2. The van der Waals surface area contributed by atoms with Gasteiger partial charge in [-0.25, -0.2) is 9.97 Å². The summed E-state index contributed by atoms with van der Waals surface area (Å²) < 4.78 is 2.68. The van der Waals surface area contributed by atoms with Crippen molar-refractivity contribution >= 4 is 39.1 Å². The summed E-state index contributed by atoms with van der Waals surface area (Å²) in [6.07, 6.45) is 0. The maximum absolute atomic E-state index is 13.3. The van der Waals surface area contributed by atoms with E-state index in [0.717, 1.165) is 21.0 Å². The molecule has 0 aliphatic rings. The van der Waals surface area contributed by atoms with E-state index in [1.165, 1.54) is 23.1 Å². The Morgan fingerprint density at radius 3 is 2.59 bits per heavy atom. The number of nitrogens with zero attached hydrogens (tertiary/aromatic N) is 3. The van der Waals surface area contributed by atoms with Crippen LogP contribution < -0.4 is 11.3 Å². The number of aromatic nitrogens is 3. The van der Waals surface area contributed by atoms with Crippen LogP contribution in [-0.2, 0) is 6.54 Å². The topological polar surface area (TPSA) is 73.8 Å². The molecule has 4 aromatic rings. The van der Waals surface area contributed by atoms with E-state index in [0.29, 0.717) is 27.7 Å². The van der Waals surface area contributed by atoms with Gasteiger partial charge in [0.1, 0.15) is 0 Å². The molecule has 0 aliphatic heterocycles. The van der Waals surface area contributed by atoms with Crippen LogP contribution in [0.25, 0.3) is 10.9 Å². The molecule has 0 unspecified atom stereocenters. The predicted octanol–water partition coefficient (Wildman–Crippen LogP) is 4.25. The third-order valence-corrected chi connectivity index (χ3v) is 6.47. The number of fused-ring (bicyclic) bond motifs is 1. The summed E-state index contributed by atoms with van der Waals surface area (Å²) in [6.45, 7) is 4.36. The number of rotatable bonds is 4. The summed E-state index contributed by atoms with van der Waals surface area (Å²) in [5.41, 5.74) is 9.45. The lowest BCUT2D eigenvalue weighted by atomic mass is 10.1. The zero-order valence-corrected chi connectivity index (χ0v) is 16.6. The summed E-state index contributed by atoms with van der Waals surface area (Å²) in [5, 5.41) is 1.80. The van der Waals surface area contributed by atoms with Gasteiger partial charge in [-0.15, -0.1) is 0 Å². The van der Waals surface area contributed by atoms with Crippen molar-refractivity contribution in [3.8, 4) is 0 Å². The second kappa shape index (κ2) is 7.17. The first-order chi connectivity index (χ1) is 13.0. The van der Waals surface area contributed by atoms with Gasteiger partial charge in [0.15, 0.2) is 10.3 Å². The Morgan fingerprint density at radius 2 is 1.89 bits per heavy atom. The van der Waals surface area contributed by atoms with Crippen LogP contribution in [0.15, 0.2) is 62.7 Å². The molecule has 0 atom stereocenters. The summed E-state index contributed by atoms with van der Waals surface area (Å²) in [7, 11) is 0. The van der Waals surface area contributed by atoms with Crippen LogP contribution in [0.4, 0.5) is 5.13 Å². The lowest BCUT2D eigenvalue weighted by Gasteiger charge is -2.13. The number of hydrogen-bond donors (Lipinski definition) is 1. The van der Waals surface area contributed by atoms with Gasteiger partial charge in [0.05, 0.1) is 27.4 Å². The minimum Gasteiger partial charge on any atom is -0.375 e. The fourth-order valence-corrected chi connectivity index (χ4v) is 4.85. The van der Waals surface area contributed by atoms with Gasteiger partial charge in [-0.3, -0.25) is 9.36 Å². The summed E-state index contributed by atoms with van der Waals surface area (Å²) >= 11 is 2.85. The molecule has 0 fully saturated rings. The highest BCUT2D eigenvalue weighted by Gasteiger charge is 2.16. The summed E-state index contributed by atoms with van der Waals surface area (Å²) in [6, 6.07) is 15.7. The van der Waals surface area contributed by atoms with Crippen LogP contribution in [0.2, 0.25) is 0 Å². The molecule has 4 rings (SSSR count). The Labute approximate surface area is 164 Å². The Kier molecular flexibility index (Phi) is 4.72. The molecule has 7 heteroatoms. The van der Waals surface area contributed by atoms with E-state index in [1.807, 2.05) is 62.4 Å². The SMILES string of the molecule is Cc1ccc2nc(Sc3sc(N)nc3C)n(Cc3ccccc3)c(=O)c2c1. The van der Waals surface area contributed by atoms with E-state index in [1.54, 1.807) is 4.57 Å². The molecular formula is C20H18N4OS2. The van der Waals surface area contributed by atoms with Gasteiger partial charge in [-0.2, -0.15) is 0 Å². The number of nitrogens with two attached hydrogens (primary N) is 1. The summed E-state index contributed by atoms with van der Waals surface area (Å²) in [4.78, 5) is 22.3. The number of anilines is 1. The van der Waals surface area contributed by atoms with E-state index in [2.05, 4.69) is 4.98 Å². The largest absolute Gasteiger partial charge is 0.375 e. The van der Waals surface area contributed by atoms with Crippen molar-refractivity contribution in [3.05, 3.63) is 75.7 Å². The molecule has 2 N–H and O–H groups in total. The average molecular weight is 395 g/mol. The number of benzene rings is 2. The van der Waals surface area contributed by atoms with Crippen molar-refractivity contribution in [1.82, 2.24) is 14.5 Å². The smallest absolute Gasteiger partial charge is 0.262 e. The first kappa shape index (κ1) is 17.8. The zero-order valence-electron chi connectivity index (χ0n) is 15.0. The highest BCUT2D eigenvalue weighted by molar-refractivity contribution is 8.01. The number of hydrogen-bond acceptors (Lipinski definition) is 6. The lowest BCUT2D eigenvalue weighted by Crippen LogP contribution is -2.24. The lowest BCUT2D eigenvalue weighted by molar-refractivity contribution is 0.658. The normalized spacial score (nSPS) is 11.2. The van der Waals surface area contributed by atoms with Crippen LogP contribution in [0, 0.1) is 13.8 Å². The molecule has 0 saturated carbocycles. The molecule has 2 aromatic carbocycles. The van der Waals surface area contributed by atoms with Gasteiger partial charge in [-0.1, -0.05) is 53.3 Å². The molecule has 5 nitrogen and oxygen atoms in total. The predicted molar refractivity (Wildman–Crippen MR) is 112 cm³/mol. The van der Waals surface area contributed by atoms with Gasteiger partial charge in [0, 0.05) is 0 Å². The molecule has 0 spiro atoms. The fourth-order valence-electron chi connectivity index (χ4n) is 2.88. The molecule has 0 bridgehead atoms. The molecule has 2 heterocycles. The van der Waals surface area contributed by atoms with Crippen molar-refractivity contribution in [3.63, 3.8) is 0 Å². The Hall–Kier alpha value is -2.64. The monoisotopic (exact) mass is 394 g/mol. The first-order valence-electron chi connectivity index (χ1n) is 8.47. The minimum atomic E-state index is -0.0369. The van der Waals surface area contributed by atoms with E-state index >= 15 is 0 Å². The van der Waals surface area contributed by atoms with Crippen LogP contribution in [0.5, 0.6) is 0 Å². The molecule has 0 amide bonds. The van der Waals surface area contributed by atoms with Crippen LogP contribution in [0.1, 0.15) is 16.8 Å². The Balaban J connectivity index is 1.89.